The number of nitrogens with one attached hydrogen (secondary N) is 1. The Morgan fingerprint density at radius 2 is 1.95 bits per heavy atom. The fourth-order valence-corrected chi connectivity index (χ4v) is 3.16. The van der Waals surface area contributed by atoms with E-state index in [1.165, 1.54) is 5.56 Å². The van der Waals surface area contributed by atoms with Crippen LogP contribution in [-0.2, 0) is 16.0 Å². The number of hydrogen-bond donors (Lipinski definition) is 1. The molecule has 0 aliphatic carbocycles. The Hall–Kier alpha value is -1.88. The lowest BCUT2D eigenvalue weighted by molar-refractivity contribution is -0.133. The van der Waals surface area contributed by atoms with Crippen molar-refractivity contribution >= 4 is 17.5 Å². The number of anilines is 1. The van der Waals surface area contributed by atoms with Gasteiger partial charge in [0.15, 0.2) is 0 Å². The van der Waals surface area contributed by atoms with E-state index < -0.39 is 0 Å². The average Bonchev–Trinajstić information content (AvgIpc) is 2.53. The van der Waals surface area contributed by atoms with Crippen molar-refractivity contribution in [2.24, 2.45) is 5.92 Å². The average molecular weight is 301 g/mol. The summed E-state index contributed by atoms with van der Waals surface area (Å²) in [4.78, 5) is 28.6. The molecule has 0 bridgehead atoms. The van der Waals surface area contributed by atoms with Gasteiger partial charge in [0.05, 0.1) is 0 Å². The minimum absolute atomic E-state index is 0.0462. The molecule has 2 amide bonds. The number of carbonyl (C=O) groups is 2. The minimum atomic E-state index is -0.0914. The number of piperazine rings is 1. The molecule has 5 nitrogen and oxygen atoms in total. The maximum absolute atomic E-state index is 12.3. The lowest BCUT2D eigenvalue weighted by atomic mass is 9.89. The summed E-state index contributed by atoms with van der Waals surface area (Å²) in [7, 11) is 2.08. The third kappa shape index (κ3) is 3.30. The number of benzene rings is 1. The zero-order valence-electron chi connectivity index (χ0n) is 13.0. The highest BCUT2D eigenvalue weighted by atomic mass is 16.2. The molecule has 3 rings (SSSR count). The maximum atomic E-state index is 12.3. The van der Waals surface area contributed by atoms with Crippen LogP contribution >= 0.6 is 0 Å². The smallest absolute Gasteiger partial charge is 0.227 e. The first kappa shape index (κ1) is 15.0. The summed E-state index contributed by atoms with van der Waals surface area (Å²) in [6.45, 7) is 3.47. The number of rotatable bonds is 3. The van der Waals surface area contributed by atoms with Crippen molar-refractivity contribution in [3.8, 4) is 0 Å². The second kappa shape index (κ2) is 6.48. The SMILES string of the molecule is CN1CCN(C(=O)CCC2Cc3ccccc3NC2=O)CC1. The van der Waals surface area contributed by atoms with Crippen molar-refractivity contribution in [1.82, 2.24) is 9.80 Å². The first-order valence-electron chi connectivity index (χ1n) is 7.98. The Bertz CT molecular complexity index is 565. The molecule has 1 fully saturated rings. The molecule has 22 heavy (non-hydrogen) atoms. The molecule has 0 spiro atoms. The van der Waals surface area contributed by atoms with Crippen LogP contribution in [0.25, 0.3) is 0 Å². The molecular weight excluding hydrogens is 278 g/mol. The molecule has 1 unspecified atom stereocenters. The minimum Gasteiger partial charge on any atom is -0.340 e. The van der Waals surface area contributed by atoms with Gasteiger partial charge in [0, 0.05) is 44.2 Å². The molecule has 2 heterocycles. The molecule has 1 N–H and O–H groups in total. The van der Waals surface area contributed by atoms with Gasteiger partial charge in [-0.3, -0.25) is 9.59 Å². The van der Waals surface area contributed by atoms with E-state index in [2.05, 4.69) is 17.3 Å². The van der Waals surface area contributed by atoms with E-state index in [1.807, 2.05) is 29.2 Å². The van der Waals surface area contributed by atoms with Crippen LogP contribution in [0.1, 0.15) is 18.4 Å². The number of fused-ring (bicyclic) bond motifs is 1. The third-order valence-electron chi connectivity index (χ3n) is 4.67. The highest BCUT2D eigenvalue weighted by molar-refractivity contribution is 5.96. The predicted molar refractivity (Wildman–Crippen MR) is 85.6 cm³/mol. The van der Waals surface area contributed by atoms with Crippen LogP contribution in [0, 0.1) is 5.92 Å². The van der Waals surface area contributed by atoms with Gasteiger partial charge in [0.25, 0.3) is 0 Å². The van der Waals surface area contributed by atoms with Gasteiger partial charge in [-0.15, -0.1) is 0 Å². The zero-order chi connectivity index (χ0) is 15.5. The second-order valence-corrected chi connectivity index (χ2v) is 6.27. The van der Waals surface area contributed by atoms with Crippen molar-refractivity contribution in [3.05, 3.63) is 29.8 Å². The molecule has 1 atom stereocenters. The van der Waals surface area contributed by atoms with Crippen LogP contribution in [0.5, 0.6) is 0 Å². The quantitative estimate of drug-likeness (QED) is 0.917. The molecule has 2 aliphatic heterocycles. The van der Waals surface area contributed by atoms with E-state index in [4.69, 9.17) is 0 Å². The number of carbonyl (C=O) groups excluding carboxylic acids is 2. The topological polar surface area (TPSA) is 52.6 Å². The van der Waals surface area contributed by atoms with E-state index in [0.29, 0.717) is 12.8 Å². The summed E-state index contributed by atoms with van der Waals surface area (Å²) in [5, 5.41) is 2.95. The molecular formula is C17H23N3O2. The third-order valence-corrected chi connectivity index (χ3v) is 4.67. The van der Waals surface area contributed by atoms with E-state index >= 15 is 0 Å². The van der Waals surface area contributed by atoms with Gasteiger partial charge >= 0.3 is 0 Å². The molecule has 2 aliphatic rings. The fourth-order valence-electron chi connectivity index (χ4n) is 3.16. The molecule has 1 aromatic rings. The van der Waals surface area contributed by atoms with Gasteiger partial charge in [0.2, 0.25) is 11.8 Å². The number of para-hydroxylation sites is 1. The fraction of sp³-hybridized carbons (Fsp3) is 0.529. The van der Waals surface area contributed by atoms with Gasteiger partial charge in [-0.25, -0.2) is 0 Å². The van der Waals surface area contributed by atoms with Gasteiger partial charge in [-0.05, 0) is 31.5 Å². The highest BCUT2D eigenvalue weighted by Crippen LogP contribution is 2.27. The van der Waals surface area contributed by atoms with Crippen molar-refractivity contribution in [2.75, 3.05) is 38.5 Å². The van der Waals surface area contributed by atoms with Gasteiger partial charge in [0.1, 0.15) is 0 Å². The second-order valence-electron chi connectivity index (χ2n) is 6.27. The molecule has 1 aromatic carbocycles. The van der Waals surface area contributed by atoms with Gasteiger partial charge < -0.3 is 15.1 Å². The van der Waals surface area contributed by atoms with Crippen molar-refractivity contribution in [1.29, 1.82) is 0 Å². The first-order valence-corrected chi connectivity index (χ1v) is 7.98. The number of hydrogen-bond acceptors (Lipinski definition) is 3. The molecule has 1 saturated heterocycles. The van der Waals surface area contributed by atoms with Crippen LogP contribution in [0.4, 0.5) is 5.69 Å². The first-order chi connectivity index (χ1) is 10.6. The predicted octanol–water partition coefficient (Wildman–Crippen LogP) is 1.35. The van der Waals surface area contributed by atoms with Crippen LogP contribution in [0.2, 0.25) is 0 Å². The number of nitrogens with zero attached hydrogens (tertiary/aromatic N) is 2. The highest BCUT2D eigenvalue weighted by Gasteiger charge is 2.27. The monoisotopic (exact) mass is 301 g/mol. The molecule has 5 heteroatoms. The van der Waals surface area contributed by atoms with E-state index in [0.717, 1.165) is 38.3 Å². The Morgan fingerprint density at radius 3 is 2.73 bits per heavy atom. The van der Waals surface area contributed by atoms with Crippen LogP contribution in [0.3, 0.4) is 0 Å². The van der Waals surface area contributed by atoms with Crippen molar-refractivity contribution in [2.45, 2.75) is 19.3 Å². The lowest BCUT2D eigenvalue weighted by Crippen LogP contribution is -2.47. The molecule has 0 aromatic heterocycles. The summed E-state index contributed by atoms with van der Waals surface area (Å²) in [5.41, 5.74) is 2.08. The maximum Gasteiger partial charge on any atom is 0.227 e. The largest absolute Gasteiger partial charge is 0.340 e. The Labute approximate surface area is 131 Å². The molecule has 0 saturated carbocycles. The van der Waals surface area contributed by atoms with Crippen LogP contribution < -0.4 is 5.32 Å². The van der Waals surface area contributed by atoms with Crippen molar-refractivity contribution < 1.29 is 9.59 Å². The molecule has 118 valence electrons. The van der Waals surface area contributed by atoms with E-state index in [-0.39, 0.29) is 17.7 Å². The summed E-state index contributed by atoms with van der Waals surface area (Å²) < 4.78 is 0. The summed E-state index contributed by atoms with van der Waals surface area (Å²) in [5.74, 6) is 0.135. The van der Waals surface area contributed by atoms with Gasteiger partial charge in [-0.1, -0.05) is 18.2 Å². The summed E-state index contributed by atoms with van der Waals surface area (Å²) >= 11 is 0. The molecule has 0 radical (unpaired) electrons. The van der Waals surface area contributed by atoms with Gasteiger partial charge in [-0.2, -0.15) is 0 Å². The lowest BCUT2D eigenvalue weighted by Gasteiger charge is -2.33. The Kier molecular flexibility index (Phi) is 4.43. The number of amides is 2. The van der Waals surface area contributed by atoms with Crippen molar-refractivity contribution in [3.63, 3.8) is 0 Å². The Morgan fingerprint density at radius 1 is 1.23 bits per heavy atom. The van der Waals surface area contributed by atoms with Crippen LogP contribution in [0.15, 0.2) is 24.3 Å². The van der Waals surface area contributed by atoms with Crippen LogP contribution in [-0.4, -0.2) is 54.8 Å². The Balaban J connectivity index is 1.53. The normalized spacial score (nSPS) is 22.1. The summed E-state index contributed by atoms with van der Waals surface area (Å²) in [6, 6.07) is 7.89. The van der Waals surface area contributed by atoms with E-state index in [9.17, 15) is 9.59 Å². The summed E-state index contributed by atoms with van der Waals surface area (Å²) in [6.07, 6.45) is 1.83. The zero-order valence-corrected chi connectivity index (χ0v) is 13.0. The standard InChI is InChI=1S/C17H23N3O2/c1-19-8-10-20(11-9-19)16(21)7-6-14-12-13-4-2-3-5-15(13)18-17(14)22/h2-5,14H,6-12H2,1H3,(H,18,22). The number of likely N-dealkylation sites (N-methyl/N-ethyl adjacent to an activating group) is 1. The van der Waals surface area contributed by atoms with E-state index in [1.54, 1.807) is 0 Å².